The number of hydrogen-bond donors (Lipinski definition) is 0. The van der Waals surface area contributed by atoms with Gasteiger partial charge in [0, 0.05) is 26.2 Å². The fraction of sp³-hybridized carbons (Fsp3) is 0.400. The van der Waals surface area contributed by atoms with Crippen molar-refractivity contribution in [3.05, 3.63) is 64.0 Å². The van der Waals surface area contributed by atoms with E-state index in [0.717, 1.165) is 18.1 Å². The molecule has 29 heavy (non-hydrogen) atoms. The standard InChI is InChI=1S/C20H24FN3O4S/c1-3-15(2)16-4-7-18(8-5-16)29(27,28)23-12-10-22(11-13-23)19-9-6-17(21)14-20(19)24(25)26/h4-9,14-15H,3,10-13H2,1-2H3. The van der Waals surface area contributed by atoms with Crippen LogP contribution in [0.1, 0.15) is 31.7 Å². The van der Waals surface area contributed by atoms with E-state index in [0.29, 0.717) is 11.6 Å². The molecule has 0 amide bonds. The molecular weight excluding hydrogens is 397 g/mol. The number of hydrogen-bond acceptors (Lipinski definition) is 5. The Labute approximate surface area is 170 Å². The van der Waals surface area contributed by atoms with Crippen LogP contribution in [0.5, 0.6) is 0 Å². The smallest absolute Gasteiger partial charge is 0.295 e. The van der Waals surface area contributed by atoms with Crippen LogP contribution in [-0.2, 0) is 10.0 Å². The summed E-state index contributed by atoms with van der Waals surface area (Å²) in [7, 11) is -3.64. The highest BCUT2D eigenvalue weighted by atomic mass is 32.2. The molecule has 1 fully saturated rings. The van der Waals surface area contributed by atoms with Crippen molar-refractivity contribution in [1.82, 2.24) is 4.31 Å². The van der Waals surface area contributed by atoms with E-state index in [-0.39, 0.29) is 36.8 Å². The molecule has 0 bridgehead atoms. The van der Waals surface area contributed by atoms with Crippen LogP contribution < -0.4 is 4.90 Å². The van der Waals surface area contributed by atoms with E-state index < -0.39 is 20.8 Å². The maximum absolute atomic E-state index is 13.4. The molecule has 0 spiro atoms. The Morgan fingerprint density at radius 2 is 1.72 bits per heavy atom. The van der Waals surface area contributed by atoms with E-state index in [1.54, 1.807) is 17.0 Å². The zero-order valence-electron chi connectivity index (χ0n) is 16.4. The molecule has 1 saturated heterocycles. The van der Waals surface area contributed by atoms with Gasteiger partial charge in [-0.2, -0.15) is 4.31 Å². The summed E-state index contributed by atoms with van der Waals surface area (Å²) in [4.78, 5) is 12.6. The van der Waals surface area contributed by atoms with Gasteiger partial charge in [-0.3, -0.25) is 10.1 Å². The van der Waals surface area contributed by atoms with Crippen molar-refractivity contribution in [2.24, 2.45) is 0 Å². The lowest BCUT2D eigenvalue weighted by Crippen LogP contribution is -2.48. The normalized spacial score (nSPS) is 16.6. The lowest BCUT2D eigenvalue weighted by Gasteiger charge is -2.35. The van der Waals surface area contributed by atoms with Crippen LogP contribution in [0, 0.1) is 15.9 Å². The van der Waals surface area contributed by atoms with Gasteiger partial charge in [0.2, 0.25) is 10.0 Å². The van der Waals surface area contributed by atoms with Crippen LogP contribution in [0.2, 0.25) is 0 Å². The minimum Gasteiger partial charge on any atom is -0.363 e. The Balaban J connectivity index is 1.74. The molecule has 0 radical (unpaired) electrons. The van der Waals surface area contributed by atoms with Crippen LogP contribution in [0.3, 0.4) is 0 Å². The number of sulfonamides is 1. The first-order valence-corrected chi connectivity index (χ1v) is 11.0. The van der Waals surface area contributed by atoms with Crippen LogP contribution in [0.15, 0.2) is 47.4 Å². The van der Waals surface area contributed by atoms with E-state index >= 15 is 0 Å². The van der Waals surface area contributed by atoms with E-state index in [9.17, 15) is 22.9 Å². The minimum atomic E-state index is -3.64. The molecule has 1 heterocycles. The molecule has 156 valence electrons. The first-order chi connectivity index (χ1) is 13.7. The number of nitro benzene ring substituents is 1. The molecule has 0 saturated carbocycles. The Morgan fingerprint density at radius 1 is 1.10 bits per heavy atom. The average molecular weight is 421 g/mol. The summed E-state index contributed by atoms with van der Waals surface area (Å²) in [6.45, 7) is 5.15. The van der Waals surface area contributed by atoms with E-state index in [1.807, 2.05) is 12.1 Å². The predicted octanol–water partition coefficient (Wildman–Crippen LogP) is 3.76. The highest BCUT2D eigenvalue weighted by molar-refractivity contribution is 7.89. The molecule has 9 heteroatoms. The largest absolute Gasteiger partial charge is 0.363 e. The summed E-state index contributed by atoms with van der Waals surface area (Å²) >= 11 is 0. The number of rotatable bonds is 6. The van der Waals surface area contributed by atoms with Crippen molar-refractivity contribution in [3.8, 4) is 0 Å². The summed E-state index contributed by atoms with van der Waals surface area (Å²) in [5.41, 5.74) is 1.08. The average Bonchev–Trinajstić information content (AvgIpc) is 2.73. The number of nitro groups is 1. The van der Waals surface area contributed by atoms with Gasteiger partial charge in [-0.05, 0) is 42.2 Å². The molecule has 0 aliphatic carbocycles. The molecule has 1 unspecified atom stereocenters. The van der Waals surface area contributed by atoms with Crippen molar-refractivity contribution in [1.29, 1.82) is 0 Å². The van der Waals surface area contributed by atoms with Crippen molar-refractivity contribution in [2.75, 3.05) is 31.1 Å². The summed E-state index contributed by atoms with van der Waals surface area (Å²) in [6, 6.07) is 10.4. The van der Waals surface area contributed by atoms with Crippen LogP contribution in [0.4, 0.5) is 15.8 Å². The summed E-state index contributed by atoms with van der Waals surface area (Å²) in [6.07, 6.45) is 0.976. The first-order valence-electron chi connectivity index (χ1n) is 9.53. The molecule has 2 aromatic rings. The first kappa shape index (κ1) is 21.2. The van der Waals surface area contributed by atoms with Gasteiger partial charge >= 0.3 is 0 Å². The van der Waals surface area contributed by atoms with Gasteiger partial charge in [0.25, 0.3) is 5.69 Å². The summed E-state index contributed by atoms with van der Waals surface area (Å²) in [5.74, 6) is -0.315. The van der Waals surface area contributed by atoms with Gasteiger partial charge in [-0.1, -0.05) is 26.0 Å². The molecule has 1 aliphatic heterocycles. The van der Waals surface area contributed by atoms with Crippen LogP contribution >= 0.6 is 0 Å². The third kappa shape index (κ3) is 4.40. The van der Waals surface area contributed by atoms with Crippen molar-refractivity contribution < 1.29 is 17.7 Å². The lowest BCUT2D eigenvalue weighted by atomic mass is 9.99. The molecule has 1 atom stereocenters. The van der Waals surface area contributed by atoms with Crippen molar-refractivity contribution >= 4 is 21.4 Å². The number of halogens is 1. The second kappa shape index (κ2) is 8.46. The molecule has 0 aromatic heterocycles. The quantitative estimate of drug-likeness (QED) is 0.524. The number of benzene rings is 2. The fourth-order valence-electron chi connectivity index (χ4n) is 3.43. The van der Waals surface area contributed by atoms with Crippen LogP contribution in [0.25, 0.3) is 0 Å². The van der Waals surface area contributed by atoms with Gasteiger partial charge in [0.1, 0.15) is 11.5 Å². The summed E-state index contributed by atoms with van der Waals surface area (Å²) in [5, 5.41) is 11.2. The molecular formula is C20H24FN3O4S. The Bertz CT molecular complexity index is 987. The third-order valence-corrected chi connectivity index (χ3v) is 7.33. The molecule has 2 aromatic carbocycles. The van der Waals surface area contributed by atoms with E-state index in [2.05, 4.69) is 13.8 Å². The maximum atomic E-state index is 13.4. The maximum Gasteiger partial charge on any atom is 0.295 e. The van der Waals surface area contributed by atoms with E-state index in [1.165, 1.54) is 16.4 Å². The van der Waals surface area contributed by atoms with Gasteiger partial charge in [-0.25, -0.2) is 12.8 Å². The van der Waals surface area contributed by atoms with Crippen LogP contribution in [-0.4, -0.2) is 43.8 Å². The van der Waals surface area contributed by atoms with Gasteiger partial charge in [0.15, 0.2) is 0 Å². The number of nitrogens with zero attached hydrogens (tertiary/aromatic N) is 3. The molecule has 0 N–H and O–H groups in total. The number of piperazine rings is 1. The van der Waals surface area contributed by atoms with Crippen molar-refractivity contribution in [2.45, 2.75) is 31.1 Å². The highest BCUT2D eigenvalue weighted by Gasteiger charge is 2.30. The predicted molar refractivity (Wildman–Crippen MR) is 109 cm³/mol. The minimum absolute atomic E-state index is 0.198. The van der Waals surface area contributed by atoms with E-state index in [4.69, 9.17) is 0 Å². The zero-order valence-corrected chi connectivity index (χ0v) is 17.2. The van der Waals surface area contributed by atoms with Gasteiger partial charge in [-0.15, -0.1) is 0 Å². The summed E-state index contributed by atoms with van der Waals surface area (Å²) < 4.78 is 40.7. The number of anilines is 1. The Morgan fingerprint density at radius 3 is 2.28 bits per heavy atom. The fourth-order valence-corrected chi connectivity index (χ4v) is 4.85. The van der Waals surface area contributed by atoms with Crippen molar-refractivity contribution in [3.63, 3.8) is 0 Å². The van der Waals surface area contributed by atoms with Gasteiger partial charge in [0.05, 0.1) is 15.9 Å². The monoisotopic (exact) mass is 421 g/mol. The SMILES string of the molecule is CCC(C)c1ccc(S(=O)(=O)N2CCN(c3ccc(F)cc3[N+](=O)[O-])CC2)cc1. The zero-order chi connectivity index (χ0) is 21.2. The highest BCUT2D eigenvalue weighted by Crippen LogP contribution is 2.30. The molecule has 1 aliphatic rings. The Hall–Kier alpha value is -2.52. The third-order valence-electron chi connectivity index (χ3n) is 5.41. The lowest BCUT2D eigenvalue weighted by molar-refractivity contribution is -0.384. The second-order valence-corrected chi connectivity index (χ2v) is 9.10. The van der Waals surface area contributed by atoms with Gasteiger partial charge < -0.3 is 4.90 Å². The molecule has 3 rings (SSSR count). The topological polar surface area (TPSA) is 83.8 Å². The second-order valence-electron chi connectivity index (χ2n) is 7.16. The molecule has 7 nitrogen and oxygen atoms in total. The Kier molecular flexibility index (Phi) is 6.18.